The second-order valence-electron chi connectivity index (χ2n) is 5.40. The molecule has 0 aliphatic heterocycles. The molecule has 23 heavy (non-hydrogen) atoms. The zero-order chi connectivity index (χ0) is 16.4. The summed E-state index contributed by atoms with van der Waals surface area (Å²) in [6, 6.07) is 10.9. The Morgan fingerprint density at radius 1 is 1.00 bits per heavy atom. The SMILES string of the molecule is Cc1ccc(C)c(NC(=O)C(=O)Nc2ccc3cn[nH]c3c2)c1. The van der Waals surface area contributed by atoms with Gasteiger partial charge in [0.05, 0.1) is 11.7 Å². The number of benzene rings is 2. The third-order valence-electron chi connectivity index (χ3n) is 3.55. The molecule has 3 aromatic rings. The van der Waals surface area contributed by atoms with Gasteiger partial charge in [-0.2, -0.15) is 5.10 Å². The first-order valence-electron chi connectivity index (χ1n) is 7.15. The smallest absolute Gasteiger partial charge is 0.314 e. The van der Waals surface area contributed by atoms with E-state index >= 15 is 0 Å². The summed E-state index contributed by atoms with van der Waals surface area (Å²) in [7, 11) is 0. The zero-order valence-corrected chi connectivity index (χ0v) is 12.8. The van der Waals surface area contributed by atoms with Crippen LogP contribution < -0.4 is 10.6 Å². The summed E-state index contributed by atoms with van der Waals surface area (Å²) in [6.45, 7) is 3.80. The van der Waals surface area contributed by atoms with Crippen molar-refractivity contribution in [3.05, 3.63) is 53.7 Å². The van der Waals surface area contributed by atoms with E-state index in [0.29, 0.717) is 11.4 Å². The molecule has 0 atom stereocenters. The van der Waals surface area contributed by atoms with E-state index in [9.17, 15) is 9.59 Å². The van der Waals surface area contributed by atoms with Crippen molar-refractivity contribution < 1.29 is 9.59 Å². The summed E-state index contributed by atoms with van der Waals surface area (Å²) in [5, 5.41) is 12.9. The maximum Gasteiger partial charge on any atom is 0.314 e. The number of nitrogens with one attached hydrogen (secondary N) is 3. The van der Waals surface area contributed by atoms with Crippen LogP contribution in [0.3, 0.4) is 0 Å². The predicted molar refractivity (Wildman–Crippen MR) is 89.3 cm³/mol. The number of nitrogens with zero attached hydrogens (tertiary/aromatic N) is 1. The van der Waals surface area contributed by atoms with Gasteiger partial charge in [0.2, 0.25) is 0 Å². The van der Waals surface area contributed by atoms with Crippen LogP contribution in [0.2, 0.25) is 0 Å². The lowest BCUT2D eigenvalue weighted by Crippen LogP contribution is -2.29. The van der Waals surface area contributed by atoms with E-state index in [1.54, 1.807) is 18.3 Å². The number of aromatic nitrogens is 2. The maximum absolute atomic E-state index is 12.1. The summed E-state index contributed by atoms with van der Waals surface area (Å²) >= 11 is 0. The van der Waals surface area contributed by atoms with Gasteiger partial charge in [-0.1, -0.05) is 12.1 Å². The van der Waals surface area contributed by atoms with E-state index in [2.05, 4.69) is 20.8 Å². The molecule has 6 heteroatoms. The van der Waals surface area contributed by atoms with Crippen LogP contribution >= 0.6 is 0 Å². The molecule has 0 unspecified atom stereocenters. The molecule has 0 bridgehead atoms. The Kier molecular flexibility index (Phi) is 3.80. The molecule has 0 saturated heterocycles. The monoisotopic (exact) mass is 308 g/mol. The Morgan fingerprint density at radius 2 is 1.78 bits per heavy atom. The number of aromatic amines is 1. The second-order valence-corrected chi connectivity index (χ2v) is 5.40. The number of rotatable bonds is 2. The molecule has 0 aliphatic carbocycles. The quantitative estimate of drug-likeness (QED) is 0.636. The molecule has 3 N–H and O–H groups in total. The molecular weight excluding hydrogens is 292 g/mol. The van der Waals surface area contributed by atoms with Crippen LogP contribution in [0.4, 0.5) is 11.4 Å². The van der Waals surface area contributed by atoms with Crippen molar-refractivity contribution in [2.24, 2.45) is 0 Å². The first-order valence-corrected chi connectivity index (χ1v) is 7.15. The number of carbonyl (C=O) groups excluding carboxylic acids is 2. The van der Waals surface area contributed by atoms with Gasteiger partial charge in [0.25, 0.3) is 0 Å². The average Bonchev–Trinajstić information content (AvgIpc) is 2.98. The van der Waals surface area contributed by atoms with E-state index in [0.717, 1.165) is 22.0 Å². The summed E-state index contributed by atoms with van der Waals surface area (Å²) in [5.41, 5.74) is 3.86. The number of amides is 2. The fraction of sp³-hybridized carbons (Fsp3) is 0.118. The third kappa shape index (κ3) is 3.21. The van der Waals surface area contributed by atoms with E-state index in [1.165, 1.54) is 0 Å². The minimum atomic E-state index is -0.718. The number of fused-ring (bicyclic) bond motifs is 1. The standard InChI is InChI=1S/C17H16N4O2/c1-10-3-4-11(2)14(7-10)20-17(23)16(22)19-13-6-5-12-9-18-21-15(12)8-13/h3-9H,1-2H3,(H,18,21)(H,19,22)(H,20,23). The van der Waals surface area contributed by atoms with Gasteiger partial charge >= 0.3 is 11.8 Å². The maximum atomic E-state index is 12.1. The third-order valence-corrected chi connectivity index (χ3v) is 3.55. The normalized spacial score (nSPS) is 10.5. The Bertz CT molecular complexity index is 898. The van der Waals surface area contributed by atoms with Gasteiger partial charge in [0.15, 0.2) is 0 Å². The van der Waals surface area contributed by atoms with Gasteiger partial charge in [0, 0.05) is 16.8 Å². The van der Waals surface area contributed by atoms with Gasteiger partial charge in [-0.05, 0) is 49.2 Å². The summed E-state index contributed by atoms with van der Waals surface area (Å²) in [4.78, 5) is 24.1. The number of hydrogen-bond donors (Lipinski definition) is 3. The lowest BCUT2D eigenvalue weighted by atomic mass is 10.1. The molecule has 116 valence electrons. The Morgan fingerprint density at radius 3 is 2.61 bits per heavy atom. The Labute approximate surface area is 132 Å². The Balaban J connectivity index is 1.72. The van der Waals surface area contributed by atoms with Crippen molar-refractivity contribution in [3.63, 3.8) is 0 Å². The van der Waals surface area contributed by atoms with E-state index in [-0.39, 0.29) is 0 Å². The molecule has 3 rings (SSSR count). The highest BCUT2D eigenvalue weighted by Crippen LogP contribution is 2.18. The van der Waals surface area contributed by atoms with Crippen molar-refractivity contribution in [1.82, 2.24) is 10.2 Å². The summed E-state index contributed by atoms with van der Waals surface area (Å²) < 4.78 is 0. The number of anilines is 2. The molecule has 6 nitrogen and oxygen atoms in total. The molecule has 2 aromatic carbocycles. The highest BCUT2D eigenvalue weighted by atomic mass is 16.2. The Hall–Kier alpha value is -3.15. The number of aryl methyl sites for hydroxylation is 2. The molecule has 2 amide bonds. The number of carbonyl (C=O) groups is 2. The van der Waals surface area contributed by atoms with Crippen LogP contribution in [0.5, 0.6) is 0 Å². The lowest BCUT2D eigenvalue weighted by molar-refractivity contribution is -0.133. The first kappa shape index (κ1) is 14.8. The molecular formula is C17H16N4O2. The van der Waals surface area contributed by atoms with Crippen LogP contribution in [0.1, 0.15) is 11.1 Å². The second kappa shape index (κ2) is 5.92. The molecule has 0 spiro atoms. The number of hydrogen-bond acceptors (Lipinski definition) is 3. The summed E-state index contributed by atoms with van der Waals surface area (Å²) in [6.07, 6.45) is 1.69. The summed E-state index contributed by atoms with van der Waals surface area (Å²) in [5.74, 6) is -1.42. The highest BCUT2D eigenvalue weighted by Gasteiger charge is 2.15. The van der Waals surface area contributed by atoms with Gasteiger partial charge in [-0.15, -0.1) is 0 Å². The highest BCUT2D eigenvalue weighted by molar-refractivity contribution is 6.43. The van der Waals surface area contributed by atoms with Gasteiger partial charge in [-0.25, -0.2) is 0 Å². The molecule has 0 aliphatic rings. The molecule has 0 saturated carbocycles. The molecule has 1 heterocycles. The van der Waals surface area contributed by atoms with Crippen LogP contribution in [0.15, 0.2) is 42.6 Å². The minimum Gasteiger partial charge on any atom is -0.318 e. The van der Waals surface area contributed by atoms with Crippen molar-refractivity contribution in [3.8, 4) is 0 Å². The first-order chi connectivity index (χ1) is 11.0. The fourth-order valence-electron chi connectivity index (χ4n) is 2.25. The van der Waals surface area contributed by atoms with Crippen LogP contribution in [-0.2, 0) is 9.59 Å². The average molecular weight is 308 g/mol. The van der Waals surface area contributed by atoms with Gasteiger partial charge < -0.3 is 10.6 Å². The number of H-pyrrole nitrogens is 1. The van der Waals surface area contributed by atoms with Crippen LogP contribution in [0.25, 0.3) is 10.9 Å². The van der Waals surface area contributed by atoms with Crippen LogP contribution in [0, 0.1) is 13.8 Å². The minimum absolute atomic E-state index is 0.530. The largest absolute Gasteiger partial charge is 0.318 e. The van der Waals surface area contributed by atoms with Crippen molar-refractivity contribution in [1.29, 1.82) is 0 Å². The van der Waals surface area contributed by atoms with Crippen LogP contribution in [-0.4, -0.2) is 22.0 Å². The van der Waals surface area contributed by atoms with Gasteiger partial charge in [0.1, 0.15) is 0 Å². The molecule has 0 fully saturated rings. The lowest BCUT2D eigenvalue weighted by Gasteiger charge is -2.09. The van der Waals surface area contributed by atoms with Gasteiger partial charge in [-0.3, -0.25) is 14.7 Å². The topological polar surface area (TPSA) is 86.9 Å². The van der Waals surface area contributed by atoms with Crippen molar-refractivity contribution >= 4 is 34.1 Å². The van der Waals surface area contributed by atoms with E-state index in [4.69, 9.17) is 0 Å². The van der Waals surface area contributed by atoms with Crippen molar-refractivity contribution in [2.45, 2.75) is 13.8 Å². The molecule has 0 radical (unpaired) electrons. The predicted octanol–water partition coefficient (Wildman–Crippen LogP) is 2.76. The molecule has 1 aromatic heterocycles. The zero-order valence-electron chi connectivity index (χ0n) is 12.8. The van der Waals surface area contributed by atoms with E-state index in [1.807, 2.05) is 38.1 Å². The van der Waals surface area contributed by atoms with Crippen molar-refractivity contribution in [2.75, 3.05) is 10.6 Å². The fourth-order valence-corrected chi connectivity index (χ4v) is 2.25. The van der Waals surface area contributed by atoms with E-state index < -0.39 is 11.8 Å².